The van der Waals surface area contributed by atoms with Crippen LogP contribution in [-0.2, 0) is 9.44 Å². The molecule has 0 radical (unpaired) electrons. The second kappa shape index (κ2) is 4.98. The zero-order valence-electron chi connectivity index (χ0n) is 8.37. The molecule has 1 aromatic rings. The molecule has 1 aliphatic rings. The van der Waals surface area contributed by atoms with Gasteiger partial charge in [-0.15, -0.1) is 0 Å². The van der Waals surface area contributed by atoms with Gasteiger partial charge in [0, 0.05) is 0 Å². The van der Waals surface area contributed by atoms with Gasteiger partial charge in [-0.2, -0.15) is 0 Å². The molecule has 0 aliphatic carbocycles. The van der Waals surface area contributed by atoms with Gasteiger partial charge in [0.1, 0.15) is 0 Å². The maximum atomic E-state index is 10.1. The number of benzene rings is 1. The second-order valence-electron chi connectivity index (χ2n) is 3.54. The van der Waals surface area contributed by atoms with Crippen LogP contribution in [0.15, 0.2) is 35.3 Å². The van der Waals surface area contributed by atoms with Gasteiger partial charge in [-0.25, -0.2) is 0 Å². The van der Waals surface area contributed by atoms with Gasteiger partial charge in [-0.1, -0.05) is 0 Å². The average molecular weight is 201 g/mol. The van der Waals surface area contributed by atoms with Crippen molar-refractivity contribution in [2.45, 2.75) is 12.0 Å². The Bertz CT molecular complexity index is 349. The molecular formula is C11H12BNO2. The van der Waals surface area contributed by atoms with Crippen molar-refractivity contribution in [2.75, 3.05) is 13.2 Å². The molecule has 2 atom stereocenters. The van der Waals surface area contributed by atoms with Crippen molar-refractivity contribution >= 4 is 13.3 Å². The van der Waals surface area contributed by atoms with E-state index in [1.807, 2.05) is 18.2 Å². The number of nitrogens with zero attached hydrogens (tertiary/aromatic N) is 1. The van der Waals surface area contributed by atoms with Crippen molar-refractivity contribution < 1.29 is 9.44 Å². The zero-order chi connectivity index (χ0) is 10.5. The van der Waals surface area contributed by atoms with E-state index in [2.05, 4.69) is 17.1 Å². The van der Waals surface area contributed by atoms with Gasteiger partial charge >= 0.3 is 88.8 Å². The molecule has 76 valence electrons. The van der Waals surface area contributed by atoms with Gasteiger partial charge in [0.15, 0.2) is 0 Å². The predicted octanol–water partition coefficient (Wildman–Crippen LogP) is 1.25. The van der Waals surface area contributed by atoms with Crippen LogP contribution in [-0.4, -0.2) is 32.5 Å². The molecule has 2 unspecified atom stereocenters. The van der Waals surface area contributed by atoms with Crippen LogP contribution in [0.2, 0.25) is 0 Å². The molecule has 1 fully saturated rings. The quantitative estimate of drug-likeness (QED) is 0.408. The van der Waals surface area contributed by atoms with Crippen LogP contribution in [0.25, 0.3) is 0 Å². The molecular weight excluding hydrogens is 189 g/mol. The zero-order valence-corrected chi connectivity index (χ0v) is 8.37. The SMILES string of the molecule is O=BC=NCC(c1ccccc1)C1CO1. The van der Waals surface area contributed by atoms with Gasteiger partial charge in [0.05, 0.1) is 0 Å². The molecule has 4 heteroatoms. The van der Waals surface area contributed by atoms with Crippen LogP contribution in [0, 0.1) is 0 Å². The van der Waals surface area contributed by atoms with Gasteiger partial charge in [0.2, 0.25) is 0 Å². The van der Waals surface area contributed by atoms with Crippen LogP contribution in [0.3, 0.4) is 0 Å². The van der Waals surface area contributed by atoms with Crippen LogP contribution in [0.1, 0.15) is 11.5 Å². The summed E-state index contributed by atoms with van der Waals surface area (Å²) in [5.41, 5.74) is 1.23. The van der Waals surface area contributed by atoms with Gasteiger partial charge in [-0.3, -0.25) is 0 Å². The van der Waals surface area contributed by atoms with Crippen LogP contribution in [0.4, 0.5) is 0 Å². The molecule has 0 amide bonds. The summed E-state index contributed by atoms with van der Waals surface area (Å²) in [6, 6.07) is 10.1. The Kier molecular flexibility index (Phi) is 3.40. The van der Waals surface area contributed by atoms with Crippen molar-refractivity contribution in [2.24, 2.45) is 4.99 Å². The summed E-state index contributed by atoms with van der Waals surface area (Å²) in [5, 5.41) is 0. The van der Waals surface area contributed by atoms with Crippen molar-refractivity contribution in [3.63, 3.8) is 0 Å². The molecule has 0 spiro atoms. The number of rotatable bonds is 5. The van der Waals surface area contributed by atoms with E-state index in [1.165, 1.54) is 11.7 Å². The summed E-state index contributed by atoms with van der Waals surface area (Å²) >= 11 is 0. The molecule has 15 heavy (non-hydrogen) atoms. The van der Waals surface area contributed by atoms with E-state index in [-0.39, 0.29) is 12.0 Å². The van der Waals surface area contributed by atoms with E-state index in [0.717, 1.165) is 6.61 Å². The molecule has 2 rings (SSSR count). The fourth-order valence-electron chi connectivity index (χ4n) is 1.64. The van der Waals surface area contributed by atoms with E-state index >= 15 is 0 Å². The molecule has 1 aromatic carbocycles. The van der Waals surface area contributed by atoms with Crippen LogP contribution in [0.5, 0.6) is 0 Å². The third kappa shape index (κ3) is 2.83. The van der Waals surface area contributed by atoms with Gasteiger partial charge in [-0.05, 0) is 0 Å². The van der Waals surface area contributed by atoms with E-state index < -0.39 is 0 Å². The molecule has 0 aromatic heterocycles. The minimum atomic E-state index is 0.274. The van der Waals surface area contributed by atoms with E-state index in [9.17, 15) is 4.70 Å². The molecule has 0 saturated carbocycles. The summed E-state index contributed by atoms with van der Waals surface area (Å²) in [4.78, 5) is 4.05. The van der Waals surface area contributed by atoms with Crippen LogP contribution < -0.4 is 0 Å². The van der Waals surface area contributed by atoms with Crippen molar-refractivity contribution in [1.82, 2.24) is 0 Å². The maximum absolute atomic E-state index is 10.1. The standard InChI is InChI=1S/C11H12BNO2/c14-12-8-13-6-10(11-7-15-11)9-4-2-1-3-5-9/h1-5,8,10-11H,6-7H2. The fraction of sp³-hybridized carbons (Fsp3) is 0.364. The topological polar surface area (TPSA) is 42.0 Å². The average Bonchev–Trinajstić information content (AvgIpc) is 3.10. The molecule has 1 heterocycles. The Labute approximate surface area is 89.4 Å². The Morgan fingerprint density at radius 1 is 1.53 bits per heavy atom. The van der Waals surface area contributed by atoms with Crippen molar-refractivity contribution in [1.29, 1.82) is 0 Å². The molecule has 1 saturated heterocycles. The number of epoxide rings is 1. The first-order chi connectivity index (χ1) is 7.42. The van der Waals surface area contributed by atoms with Gasteiger partial charge in [0.25, 0.3) is 0 Å². The number of ether oxygens (including phenoxy) is 1. The predicted molar refractivity (Wildman–Crippen MR) is 58.7 cm³/mol. The summed E-state index contributed by atoms with van der Waals surface area (Å²) in [7, 11) is 0.704. The van der Waals surface area contributed by atoms with Crippen molar-refractivity contribution in [3.8, 4) is 0 Å². The monoisotopic (exact) mass is 201 g/mol. The first-order valence-corrected chi connectivity index (χ1v) is 5.02. The first kappa shape index (κ1) is 10.2. The fourth-order valence-corrected chi connectivity index (χ4v) is 1.64. The van der Waals surface area contributed by atoms with E-state index in [1.54, 1.807) is 0 Å². The molecule has 0 bridgehead atoms. The number of aliphatic imine (C=N–C) groups is 1. The summed E-state index contributed by atoms with van der Waals surface area (Å²) in [5.74, 6) is 0.280. The molecule has 1 aliphatic heterocycles. The summed E-state index contributed by atoms with van der Waals surface area (Å²) in [6.07, 6.45) is 1.58. The second-order valence-corrected chi connectivity index (χ2v) is 3.54. The summed E-state index contributed by atoms with van der Waals surface area (Å²) < 4.78 is 15.4. The molecule has 0 N–H and O–H groups in total. The molecule has 3 nitrogen and oxygen atoms in total. The Morgan fingerprint density at radius 2 is 2.27 bits per heavy atom. The minimum absolute atomic E-state index is 0.274. The Morgan fingerprint density at radius 3 is 2.87 bits per heavy atom. The van der Waals surface area contributed by atoms with Crippen molar-refractivity contribution in [3.05, 3.63) is 35.9 Å². The summed E-state index contributed by atoms with van der Waals surface area (Å²) in [6.45, 7) is 1.42. The van der Waals surface area contributed by atoms with Crippen LogP contribution >= 0.6 is 0 Å². The third-order valence-corrected chi connectivity index (χ3v) is 2.50. The number of hydrogen-bond donors (Lipinski definition) is 0. The van der Waals surface area contributed by atoms with E-state index in [0.29, 0.717) is 13.7 Å². The normalized spacial score (nSPS) is 21.2. The Balaban J connectivity index is 2.06. The Hall–Kier alpha value is -1.29. The number of hydrogen-bond acceptors (Lipinski definition) is 3. The third-order valence-electron chi connectivity index (χ3n) is 2.50. The van der Waals surface area contributed by atoms with E-state index in [4.69, 9.17) is 4.74 Å². The first-order valence-electron chi connectivity index (χ1n) is 5.02. The van der Waals surface area contributed by atoms with Gasteiger partial charge < -0.3 is 0 Å².